The van der Waals surface area contributed by atoms with Gasteiger partial charge in [0.2, 0.25) is 5.69 Å². The van der Waals surface area contributed by atoms with Crippen molar-refractivity contribution < 1.29 is 9.72 Å². The monoisotopic (exact) mass is 408 g/mol. The van der Waals surface area contributed by atoms with Crippen LogP contribution in [0.15, 0.2) is 36.5 Å². The molecule has 4 fully saturated rings. The second kappa shape index (κ2) is 7.22. The maximum Gasteiger partial charge on any atom is 0.320 e. The Hall–Kier alpha value is -2.70. The van der Waals surface area contributed by atoms with Gasteiger partial charge in [-0.05, 0) is 67.8 Å². The molecular weight excluding hydrogens is 380 g/mol. The summed E-state index contributed by atoms with van der Waals surface area (Å²) >= 11 is 0. The molecule has 1 amide bonds. The molecule has 7 nitrogen and oxygen atoms in total. The van der Waals surface area contributed by atoms with Crippen LogP contribution in [0.4, 0.5) is 5.69 Å². The topological polar surface area (TPSA) is 90.1 Å². The second-order valence-electron chi connectivity index (χ2n) is 9.73. The third-order valence-electron chi connectivity index (χ3n) is 7.54. The van der Waals surface area contributed by atoms with Gasteiger partial charge in [0.1, 0.15) is 6.20 Å². The minimum absolute atomic E-state index is 0.0593. The van der Waals surface area contributed by atoms with Crippen LogP contribution >= 0.6 is 0 Å². The van der Waals surface area contributed by atoms with E-state index in [-0.39, 0.29) is 22.8 Å². The van der Waals surface area contributed by atoms with Gasteiger partial charge in [-0.1, -0.05) is 37.3 Å². The highest BCUT2D eigenvalue weighted by atomic mass is 16.6. The molecule has 1 atom stereocenters. The molecule has 1 N–H and O–H groups in total. The number of nitrogens with zero attached hydrogens (tertiary/aromatic N) is 3. The molecule has 1 unspecified atom stereocenters. The van der Waals surface area contributed by atoms with E-state index < -0.39 is 10.8 Å². The third-order valence-corrected chi connectivity index (χ3v) is 7.54. The minimum Gasteiger partial charge on any atom is -0.350 e. The van der Waals surface area contributed by atoms with Gasteiger partial charge in [0.05, 0.1) is 10.5 Å². The van der Waals surface area contributed by atoms with Crippen LogP contribution in [0.3, 0.4) is 0 Å². The highest BCUT2D eigenvalue weighted by Crippen LogP contribution is 2.58. The lowest BCUT2D eigenvalue weighted by Gasteiger charge is -2.56. The first kappa shape index (κ1) is 19.3. The van der Waals surface area contributed by atoms with Crippen molar-refractivity contribution in [1.82, 2.24) is 15.1 Å². The number of rotatable bonds is 6. The summed E-state index contributed by atoms with van der Waals surface area (Å²) in [5, 5.41) is 19.1. The van der Waals surface area contributed by atoms with Gasteiger partial charge in [0.25, 0.3) is 5.91 Å². The van der Waals surface area contributed by atoms with E-state index in [0.29, 0.717) is 24.3 Å². The van der Waals surface area contributed by atoms with Gasteiger partial charge in [0.15, 0.2) is 0 Å². The molecule has 30 heavy (non-hydrogen) atoms. The Labute approximate surface area is 176 Å². The van der Waals surface area contributed by atoms with Crippen molar-refractivity contribution in [2.45, 2.75) is 56.9 Å². The van der Waals surface area contributed by atoms with Crippen molar-refractivity contribution in [2.24, 2.45) is 17.8 Å². The summed E-state index contributed by atoms with van der Waals surface area (Å²) in [5.74, 6) is 1.74. The number of amides is 1. The van der Waals surface area contributed by atoms with Crippen molar-refractivity contribution in [3.63, 3.8) is 0 Å². The fourth-order valence-electron chi connectivity index (χ4n) is 6.48. The fourth-order valence-corrected chi connectivity index (χ4v) is 6.48. The SMILES string of the molecule is CC(CNC(=O)c1nn(C23CC4CC(CC(C4)C2)C3)cc1[N+](=O)[O-])c1ccccc1. The number of hydrogen-bond donors (Lipinski definition) is 1. The van der Waals surface area contributed by atoms with Gasteiger partial charge in [0, 0.05) is 6.54 Å². The molecule has 7 heteroatoms. The molecule has 1 aromatic carbocycles. The predicted molar refractivity (Wildman–Crippen MR) is 112 cm³/mol. The lowest BCUT2D eigenvalue weighted by atomic mass is 9.53. The van der Waals surface area contributed by atoms with Crippen LogP contribution in [0.5, 0.6) is 0 Å². The smallest absolute Gasteiger partial charge is 0.320 e. The van der Waals surface area contributed by atoms with Crippen LogP contribution in [0.1, 0.15) is 67.4 Å². The Balaban J connectivity index is 1.37. The van der Waals surface area contributed by atoms with Crippen LogP contribution in [0.25, 0.3) is 0 Å². The van der Waals surface area contributed by atoms with Crippen LogP contribution in [0.2, 0.25) is 0 Å². The van der Waals surface area contributed by atoms with Gasteiger partial charge in [-0.25, -0.2) is 0 Å². The molecule has 0 aliphatic heterocycles. The van der Waals surface area contributed by atoms with Crippen LogP contribution in [0, 0.1) is 27.9 Å². The number of benzene rings is 1. The maximum atomic E-state index is 12.9. The highest BCUT2D eigenvalue weighted by molar-refractivity contribution is 5.96. The average Bonchev–Trinajstić information content (AvgIpc) is 3.18. The zero-order chi connectivity index (χ0) is 20.9. The molecule has 158 valence electrons. The molecule has 4 aliphatic rings. The van der Waals surface area contributed by atoms with Crippen LogP contribution in [-0.2, 0) is 5.54 Å². The Morgan fingerprint density at radius 1 is 1.20 bits per heavy atom. The van der Waals surface area contributed by atoms with Gasteiger partial charge < -0.3 is 5.32 Å². The molecule has 4 bridgehead atoms. The molecule has 4 saturated carbocycles. The molecule has 0 saturated heterocycles. The molecule has 0 radical (unpaired) electrons. The molecule has 6 rings (SSSR count). The number of carbonyl (C=O) groups is 1. The Kier molecular flexibility index (Phi) is 4.64. The van der Waals surface area contributed by atoms with Crippen LogP contribution < -0.4 is 5.32 Å². The van der Waals surface area contributed by atoms with E-state index in [2.05, 4.69) is 10.4 Å². The van der Waals surface area contributed by atoms with Crippen molar-refractivity contribution in [3.8, 4) is 0 Å². The summed E-state index contributed by atoms with van der Waals surface area (Å²) in [5.41, 5.74) is 0.730. The van der Waals surface area contributed by atoms with E-state index in [4.69, 9.17) is 0 Å². The number of carbonyl (C=O) groups excluding carboxylic acids is 1. The van der Waals surface area contributed by atoms with E-state index in [9.17, 15) is 14.9 Å². The predicted octanol–water partition coefficient (Wildman–Crippen LogP) is 4.25. The molecule has 1 aromatic heterocycles. The van der Waals surface area contributed by atoms with E-state index in [1.807, 2.05) is 37.3 Å². The van der Waals surface area contributed by atoms with Crippen molar-refractivity contribution in [3.05, 3.63) is 57.9 Å². The summed E-state index contributed by atoms with van der Waals surface area (Å²) < 4.78 is 1.80. The zero-order valence-corrected chi connectivity index (χ0v) is 17.3. The highest BCUT2D eigenvalue weighted by Gasteiger charge is 2.53. The first-order chi connectivity index (χ1) is 14.4. The fraction of sp³-hybridized carbons (Fsp3) is 0.565. The summed E-state index contributed by atoms with van der Waals surface area (Å²) in [4.78, 5) is 24.1. The molecular formula is C23H28N4O3. The van der Waals surface area contributed by atoms with Gasteiger partial charge in [-0.2, -0.15) is 5.10 Å². The average molecular weight is 409 g/mol. The Bertz CT molecular complexity index is 933. The first-order valence-corrected chi connectivity index (χ1v) is 11.0. The third kappa shape index (κ3) is 3.30. The second-order valence-corrected chi connectivity index (χ2v) is 9.73. The molecule has 0 spiro atoms. The van der Waals surface area contributed by atoms with E-state index in [0.717, 1.165) is 24.8 Å². The molecule has 4 aliphatic carbocycles. The minimum atomic E-state index is -0.473. The van der Waals surface area contributed by atoms with Gasteiger partial charge >= 0.3 is 5.69 Å². The van der Waals surface area contributed by atoms with E-state index >= 15 is 0 Å². The summed E-state index contributed by atoms with van der Waals surface area (Å²) in [6.07, 6.45) is 8.47. The lowest BCUT2D eigenvalue weighted by molar-refractivity contribution is -0.385. The lowest BCUT2D eigenvalue weighted by Crippen LogP contribution is -2.52. The molecule has 2 aromatic rings. The number of hydrogen-bond acceptors (Lipinski definition) is 4. The van der Waals surface area contributed by atoms with E-state index in [1.165, 1.54) is 25.5 Å². The van der Waals surface area contributed by atoms with Crippen molar-refractivity contribution in [1.29, 1.82) is 0 Å². The quantitative estimate of drug-likeness (QED) is 0.571. The van der Waals surface area contributed by atoms with Crippen molar-refractivity contribution >= 4 is 11.6 Å². The Morgan fingerprint density at radius 3 is 2.37 bits per heavy atom. The Morgan fingerprint density at radius 2 is 1.80 bits per heavy atom. The first-order valence-electron chi connectivity index (χ1n) is 11.0. The van der Waals surface area contributed by atoms with Crippen molar-refractivity contribution in [2.75, 3.05) is 6.54 Å². The normalized spacial score (nSPS) is 30.2. The van der Waals surface area contributed by atoms with Gasteiger partial charge in [-0.3, -0.25) is 19.6 Å². The zero-order valence-electron chi connectivity index (χ0n) is 17.3. The maximum absolute atomic E-state index is 12.9. The summed E-state index contributed by atoms with van der Waals surface area (Å²) in [6.45, 7) is 2.43. The van der Waals surface area contributed by atoms with Crippen LogP contribution in [-0.4, -0.2) is 27.2 Å². The number of nitrogens with one attached hydrogen (secondary N) is 1. The molecule has 1 heterocycles. The number of nitro groups is 1. The van der Waals surface area contributed by atoms with E-state index in [1.54, 1.807) is 4.68 Å². The van der Waals surface area contributed by atoms with Gasteiger partial charge in [-0.15, -0.1) is 0 Å². The standard InChI is InChI=1S/C23H28N4O3/c1-15(19-5-3-2-4-6-19)13-24-22(28)21-20(27(29)30)14-26(25-21)23-10-16-7-17(11-23)9-18(8-16)12-23/h2-6,14-18H,7-13H2,1H3,(H,24,28). The number of aromatic nitrogens is 2. The largest absolute Gasteiger partial charge is 0.350 e. The summed E-state index contributed by atoms with van der Waals surface area (Å²) in [6, 6.07) is 9.91. The summed E-state index contributed by atoms with van der Waals surface area (Å²) in [7, 11) is 0.